The molecular weight excluding hydrogens is 301 g/mol. The van der Waals surface area contributed by atoms with Crippen LogP contribution in [0.15, 0.2) is 22.7 Å². The summed E-state index contributed by atoms with van der Waals surface area (Å²) in [5.41, 5.74) is 5.96. The first-order valence-electron chi connectivity index (χ1n) is 7.14. The lowest BCUT2D eigenvalue weighted by Crippen LogP contribution is -2.24. The number of amides is 1. The Hall–Kier alpha value is -2.79. The van der Waals surface area contributed by atoms with Gasteiger partial charge in [-0.2, -0.15) is 10.2 Å². The molecular formula is C15H14FN5O2. The molecule has 2 N–H and O–H groups in total. The number of primary amides is 1. The first-order valence-corrected chi connectivity index (χ1v) is 7.14. The van der Waals surface area contributed by atoms with Gasteiger partial charge in [-0.15, -0.1) is 0 Å². The van der Waals surface area contributed by atoms with Crippen molar-refractivity contribution in [3.63, 3.8) is 0 Å². The molecule has 0 spiro atoms. The van der Waals surface area contributed by atoms with Crippen molar-refractivity contribution in [2.75, 3.05) is 6.54 Å². The molecule has 1 amide bonds. The fraction of sp³-hybridized carbons (Fsp3) is 0.333. The fourth-order valence-electron chi connectivity index (χ4n) is 2.75. The van der Waals surface area contributed by atoms with Gasteiger partial charge < -0.3 is 10.3 Å². The van der Waals surface area contributed by atoms with Crippen LogP contribution in [-0.2, 0) is 6.54 Å². The second-order valence-electron chi connectivity index (χ2n) is 5.37. The van der Waals surface area contributed by atoms with Crippen LogP contribution in [0.2, 0.25) is 0 Å². The highest BCUT2D eigenvalue weighted by atomic mass is 19.1. The van der Waals surface area contributed by atoms with Gasteiger partial charge in [-0.25, -0.2) is 4.39 Å². The highest BCUT2D eigenvalue weighted by Crippen LogP contribution is 2.32. The summed E-state index contributed by atoms with van der Waals surface area (Å²) < 4.78 is 19.1. The van der Waals surface area contributed by atoms with Gasteiger partial charge >= 0.3 is 0 Å². The van der Waals surface area contributed by atoms with E-state index in [4.69, 9.17) is 15.5 Å². The molecule has 23 heavy (non-hydrogen) atoms. The third-order valence-corrected chi connectivity index (χ3v) is 3.86. The zero-order valence-electron chi connectivity index (χ0n) is 12.2. The van der Waals surface area contributed by atoms with Crippen LogP contribution in [-0.4, -0.2) is 27.5 Å². The summed E-state index contributed by atoms with van der Waals surface area (Å²) >= 11 is 0. The summed E-state index contributed by atoms with van der Waals surface area (Å²) in [6.07, 6.45) is 1.65. The van der Waals surface area contributed by atoms with Gasteiger partial charge in [0.05, 0.1) is 17.7 Å². The smallest absolute Gasteiger partial charge is 0.290 e. The number of rotatable bonds is 4. The molecule has 3 rings (SSSR count). The summed E-state index contributed by atoms with van der Waals surface area (Å²) in [5, 5.41) is 12.5. The maximum absolute atomic E-state index is 14.0. The lowest BCUT2D eigenvalue weighted by Gasteiger charge is -2.21. The van der Waals surface area contributed by atoms with Gasteiger partial charge in [-0.1, -0.05) is 5.16 Å². The van der Waals surface area contributed by atoms with Crippen LogP contribution < -0.4 is 5.73 Å². The Morgan fingerprint density at radius 1 is 1.57 bits per heavy atom. The molecule has 1 atom stereocenters. The summed E-state index contributed by atoms with van der Waals surface area (Å²) in [7, 11) is 0. The third kappa shape index (κ3) is 3.05. The van der Waals surface area contributed by atoms with Crippen molar-refractivity contribution in [3.8, 4) is 6.07 Å². The van der Waals surface area contributed by atoms with Crippen molar-refractivity contribution < 1.29 is 13.7 Å². The van der Waals surface area contributed by atoms with Gasteiger partial charge in [-0.05, 0) is 37.6 Å². The Morgan fingerprint density at radius 3 is 3.09 bits per heavy atom. The van der Waals surface area contributed by atoms with E-state index in [1.807, 2.05) is 11.0 Å². The molecule has 8 heteroatoms. The summed E-state index contributed by atoms with van der Waals surface area (Å²) in [4.78, 5) is 17.0. The number of likely N-dealkylation sites (tertiary alicyclic amines) is 1. The molecule has 7 nitrogen and oxygen atoms in total. The van der Waals surface area contributed by atoms with Crippen LogP contribution in [0.4, 0.5) is 4.39 Å². The normalized spacial score (nSPS) is 18.0. The van der Waals surface area contributed by atoms with Gasteiger partial charge in [0.15, 0.2) is 0 Å². The van der Waals surface area contributed by atoms with E-state index in [-0.39, 0.29) is 17.7 Å². The highest BCUT2D eigenvalue weighted by molar-refractivity contribution is 5.88. The molecule has 1 aromatic carbocycles. The predicted octanol–water partition coefficient (Wildman–Crippen LogP) is 1.52. The van der Waals surface area contributed by atoms with Crippen LogP contribution in [0.1, 0.15) is 46.5 Å². The lowest BCUT2D eigenvalue weighted by atomic mass is 10.1. The van der Waals surface area contributed by atoms with Crippen LogP contribution in [0, 0.1) is 17.1 Å². The van der Waals surface area contributed by atoms with Gasteiger partial charge in [0.1, 0.15) is 5.82 Å². The number of hydrogen-bond donors (Lipinski definition) is 1. The van der Waals surface area contributed by atoms with Gasteiger partial charge in [0, 0.05) is 12.1 Å². The van der Waals surface area contributed by atoms with Gasteiger partial charge in [0.25, 0.3) is 11.7 Å². The van der Waals surface area contributed by atoms with Crippen LogP contribution >= 0.6 is 0 Å². The largest absolute Gasteiger partial charge is 0.363 e. The van der Waals surface area contributed by atoms with Crippen LogP contribution in [0.3, 0.4) is 0 Å². The van der Waals surface area contributed by atoms with Crippen molar-refractivity contribution in [3.05, 3.63) is 46.9 Å². The molecule has 1 aliphatic heterocycles. The van der Waals surface area contributed by atoms with E-state index >= 15 is 0 Å². The van der Waals surface area contributed by atoms with Crippen molar-refractivity contribution in [1.29, 1.82) is 5.26 Å². The number of aromatic nitrogens is 2. The van der Waals surface area contributed by atoms with Crippen molar-refractivity contribution >= 4 is 5.91 Å². The molecule has 0 saturated carbocycles. The highest BCUT2D eigenvalue weighted by Gasteiger charge is 2.31. The van der Waals surface area contributed by atoms with E-state index in [1.54, 1.807) is 0 Å². The molecule has 118 valence electrons. The molecule has 0 aliphatic carbocycles. The van der Waals surface area contributed by atoms with E-state index < -0.39 is 5.91 Å². The second-order valence-corrected chi connectivity index (χ2v) is 5.37. The maximum atomic E-state index is 14.0. The predicted molar refractivity (Wildman–Crippen MR) is 76.3 cm³/mol. The standard InChI is InChI=1S/C15H14FN5O2/c16-11-4-3-9(7-17)6-10(11)8-21-5-1-2-12(21)15-19-14(13(18)22)20-23-15/h3-4,6,12H,1-2,5,8H2,(H2,18,22)/t12-/m0/s1. The number of nitriles is 1. The molecule has 1 saturated heterocycles. The monoisotopic (exact) mass is 315 g/mol. The van der Waals surface area contributed by atoms with Crippen LogP contribution in [0.25, 0.3) is 0 Å². The number of carbonyl (C=O) groups is 1. The molecule has 0 unspecified atom stereocenters. The second kappa shape index (κ2) is 6.14. The third-order valence-electron chi connectivity index (χ3n) is 3.86. The van der Waals surface area contributed by atoms with E-state index in [2.05, 4.69) is 10.1 Å². The fourth-order valence-corrected chi connectivity index (χ4v) is 2.75. The number of hydrogen-bond acceptors (Lipinski definition) is 6. The average Bonchev–Trinajstić information content (AvgIpc) is 3.18. The molecule has 1 fully saturated rings. The maximum Gasteiger partial charge on any atom is 0.290 e. The van der Waals surface area contributed by atoms with Crippen molar-refractivity contribution in [2.24, 2.45) is 5.73 Å². The van der Waals surface area contributed by atoms with E-state index in [0.29, 0.717) is 23.6 Å². The zero-order valence-corrected chi connectivity index (χ0v) is 12.2. The molecule has 0 bridgehead atoms. The van der Waals surface area contributed by atoms with E-state index in [0.717, 1.165) is 19.4 Å². The first kappa shape index (κ1) is 15.1. The Bertz CT molecular complexity index is 782. The Morgan fingerprint density at radius 2 is 2.39 bits per heavy atom. The Balaban J connectivity index is 1.82. The minimum Gasteiger partial charge on any atom is -0.363 e. The molecule has 1 aromatic heterocycles. The molecule has 1 aliphatic rings. The average molecular weight is 315 g/mol. The number of nitrogens with two attached hydrogens (primary N) is 1. The zero-order chi connectivity index (χ0) is 16.4. The lowest BCUT2D eigenvalue weighted by molar-refractivity contribution is 0.0987. The van der Waals surface area contributed by atoms with Crippen LogP contribution in [0.5, 0.6) is 0 Å². The topological polar surface area (TPSA) is 109 Å². The van der Waals surface area contributed by atoms with Crippen molar-refractivity contribution in [2.45, 2.75) is 25.4 Å². The first-order chi connectivity index (χ1) is 11.1. The summed E-state index contributed by atoms with van der Waals surface area (Å²) in [6, 6.07) is 6.07. The van der Waals surface area contributed by atoms with Gasteiger partial charge in [0.2, 0.25) is 5.89 Å². The number of carbonyl (C=O) groups excluding carboxylic acids is 1. The SMILES string of the molecule is N#Cc1ccc(F)c(CN2CCC[C@H]2c2nc(C(N)=O)no2)c1. The number of benzene rings is 1. The van der Waals surface area contributed by atoms with Gasteiger partial charge in [-0.3, -0.25) is 9.69 Å². The molecule has 2 aromatic rings. The summed E-state index contributed by atoms with van der Waals surface area (Å²) in [6.45, 7) is 1.05. The minimum atomic E-state index is -0.752. The molecule has 0 radical (unpaired) electrons. The Labute approximate surface area is 131 Å². The summed E-state index contributed by atoms with van der Waals surface area (Å²) in [5.74, 6) is -0.979. The minimum absolute atomic E-state index is 0.162. The van der Waals surface area contributed by atoms with E-state index in [1.165, 1.54) is 18.2 Å². The van der Waals surface area contributed by atoms with Crippen molar-refractivity contribution in [1.82, 2.24) is 15.0 Å². The van der Waals surface area contributed by atoms with E-state index in [9.17, 15) is 9.18 Å². The number of halogens is 1. The number of nitrogens with zero attached hydrogens (tertiary/aromatic N) is 4. The Kier molecular flexibility index (Phi) is 4.04. The molecule has 2 heterocycles. The quantitative estimate of drug-likeness (QED) is 0.916.